The Bertz CT molecular complexity index is 3380. The van der Waals surface area contributed by atoms with Gasteiger partial charge in [0.2, 0.25) is 0 Å². The van der Waals surface area contributed by atoms with E-state index in [4.69, 9.17) is 9.72 Å². The van der Waals surface area contributed by atoms with Crippen molar-refractivity contribution in [1.29, 1.82) is 0 Å². The second-order valence-electron chi connectivity index (χ2n) is 21.3. The Morgan fingerprint density at radius 2 is 1.12 bits per heavy atom. The number of pyridine rings is 1. The first kappa shape index (κ1) is 45.5. The van der Waals surface area contributed by atoms with Gasteiger partial charge in [-0.3, -0.25) is 4.57 Å². The van der Waals surface area contributed by atoms with Gasteiger partial charge in [0.1, 0.15) is 35.6 Å². The van der Waals surface area contributed by atoms with Crippen molar-refractivity contribution in [2.75, 3.05) is 16.5 Å². The van der Waals surface area contributed by atoms with Crippen molar-refractivity contribution >= 4 is 44.6 Å². The van der Waals surface area contributed by atoms with Crippen molar-refractivity contribution in [1.82, 2.24) is 9.55 Å². The molecule has 1 aliphatic rings. The summed E-state index contributed by atoms with van der Waals surface area (Å²) in [7, 11) is 0. The second-order valence-corrected chi connectivity index (χ2v) is 21.3. The van der Waals surface area contributed by atoms with Crippen LogP contribution in [0.5, 0.6) is 11.5 Å². The number of hydrogen-bond acceptors (Lipinski definition) is 4. The number of rotatable bonds is 9. The molecule has 3 heterocycles. The van der Waals surface area contributed by atoms with Crippen LogP contribution in [0.4, 0.5) is 31.5 Å². The van der Waals surface area contributed by atoms with E-state index in [0.717, 1.165) is 78.7 Å². The lowest BCUT2D eigenvalue weighted by Gasteiger charge is -2.30. The van der Waals surface area contributed by atoms with Crippen LogP contribution in [0.25, 0.3) is 49.9 Å². The topological polar surface area (TPSA) is 33.5 Å². The third-order valence-electron chi connectivity index (χ3n) is 13.6. The minimum absolute atomic E-state index is 0.0399. The summed E-state index contributed by atoms with van der Waals surface area (Å²) in [6, 6.07) is 50.8. The summed E-state index contributed by atoms with van der Waals surface area (Å²) in [5.74, 6) is 1.61. The molecule has 0 radical (unpaired) electrons. The predicted octanol–water partition coefficient (Wildman–Crippen LogP) is 17.7. The van der Waals surface area contributed by atoms with Gasteiger partial charge >= 0.3 is 0 Å². The molecule has 0 bridgehead atoms. The fourth-order valence-corrected chi connectivity index (χ4v) is 9.75. The van der Waals surface area contributed by atoms with E-state index in [1.807, 2.05) is 24.4 Å². The second kappa shape index (κ2) is 17.4. The van der Waals surface area contributed by atoms with Crippen LogP contribution in [-0.4, -0.2) is 16.2 Å². The first-order valence-electron chi connectivity index (χ1n) is 24.1. The zero-order chi connectivity index (χ0) is 48.5. The van der Waals surface area contributed by atoms with Gasteiger partial charge in [0.15, 0.2) is 0 Å². The van der Waals surface area contributed by atoms with E-state index in [1.54, 1.807) is 0 Å². The Labute approximate surface area is 405 Å². The summed E-state index contributed by atoms with van der Waals surface area (Å²) in [5, 5.41) is 2.27. The molecule has 0 spiro atoms. The van der Waals surface area contributed by atoms with E-state index in [1.165, 1.54) is 28.8 Å². The third-order valence-corrected chi connectivity index (χ3v) is 13.6. The molecule has 0 aliphatic carbocycles. The molecule has 0 saturated carbocycles. The highest BCUT2D eigenvalue weighted by atomic mass is 19.1. The normalized spacial score (nSPS) is 13.1. The quantitative estimate of drug-likeness (QED) is 0.144. The minimum Gasteiger partial charge on any atom is -0.457 e. The smallest absolute Gasteiger partial charge is 0.137 e. The Morgan fingerprint density at radius 3 is 1.77 bits per heavy atom. The van der Waals surface area contributed by atoms with E-state index in [2.05, 4.69) is 199 Å². The molecule has 0 fully saturated rings. The number of anilines is 4. The van der Waals surface area contributed by atoms with Crippen LogP contribution >= 0.6 is 0 Å². The minimum atomic E-state index is -0.616. The van der Waals surface area contributed by atoms with Crippen LogP contribution in [0, 0.1) is 11.6 Å². The van der Waals surface area contributed by atoms with Gasteiger partial charge in [-0.2, -0.15) is 0 Å². The lowest BCUT2D eigenvalue weighted by Crippen LogP contribution is -2.25. The number of fused-ring (bicyclic) bond motifs is 4. The predicted molar refractivity (Wildman–Crippen MR) is 283 cm³/mol. The standard InChI is InChI=1S/C62H60F2N4O/c1-38(2)40-26-41(39(3)4)28-42(27-40)53-31-45(62(8,9)10)32-54(43-29-46(63)34-47(64)30-43)60(53)67-37-66(56-20-13-14-21-57(56)67)48-16-15-17-49(35-48)69-50-22-23-52-51-18-11-12-19-55(51)68(58(52)36-50)59-33-44(24-25-65-59)61(5,6)7/h11-36,38-39H,37H2,1-10H3. The fourth-order valence-electron chi connectivity index (χ4n) is 9.75. The molecule has 348 valence electrons. The maximum atomic E-state index is 15.4. The molecule has 2 aromatic heterocycles. The molecule has 69 heavy (non-hydrogen) atoms. The summed E-state index contributed by atoms with van der Waals surface area (Å²) in [4.78, 5) is 9.48. The van der Waals surface area contributed by atoms with Crippen molar-refractivity contribution < 1.29 is 13.5 Å². The monoisotopic (exact) mass is 914 g/mol. The molecular weight excluding hydrogens is 855 g/mol. The molecule has 0 unspecified atom stereocenters. The lowest BCUT2D eigenvalue weighted by atomic mass is 9.81. The lowest BCUT2D eigenvalue weighted by molar-refractivity contribution is 0.483. The summed E-state index contributed by atoms with van der Waals surface area (Å²) < 4.78 is 39.8. The zero-order valence-corrected chi connectivity index (χ0v) is 41.3. The van der Waals surface area contributed by atoms with Crippen LogP contribution in [0.15, 0.2) is 158 Å². The molecule has 0 N–H and O–H groups in total. The average molecular weight is 915 g/mol. The van der Waals surface area contributed by atoms with Gasteiger partial charge in [-0.05, 0) is 135 Å². The average Bonchev–Trinajstić information content (AvgIpc) is 3.86. The molecule has 10 rings (SSSR count). The van der Waals surface area contributed by atoms with Gasteiger partial charge < -0.3 is 14.5 Å². The van der Waals surface area contributed by atoms with Crippen LogP contribution in [0.2, 0.25) is 0 Å². The highest BCUT2D eigenvalue weighted by Gasteiger charge is 2.33. The third kappa shape index (κ3) is 8.64. The molecule has 7 heteroatoms. The molecule has 9 aromatic rings. The van der Waals surface area contributed by atoms with Crippen LogP contribution in [0.3, 0.4) is 0 Å². The summed E-state index contributed by atoms with van der Waals surface area (Å²) in [6.45, 7) is 22.6. The maximum Gasteiger partial charge on any atom is 0.137 e. The molecular formula is C62H60F2N4O. The van der Waals surface area contributed by atoms with Crippen molar-refractivity contribution in [3.63, 3.8) is 0 Å². The van der Waals surface area contributed by atoms with E-state index < -0.39 is 11.6 Å². The van der Waals surface area contributed by atoms with Crippen LogP contribution in [-0.2, 0) is 10.8 Å². The first-order chi connectivity index (χ1) is 32.9. The molecule has 1 aliphatic heterocycles. The van der Waals surface area contributed by atoms with E-state index in [9.17, 15) is 0 Å². The van der Waals surface area contributed by atoms with Gasteiger partial charge in [-0.1, -0.05) is 124 Å². The van der Waals surface area contributed by atoms with Gasteiger partial charge in [0.25, 0.3) is 0 Å². The SMILES string of the molecule is CC(C)c1cc(-c2cc(C(C)(C)C)cc(-c3cc(F)cc(F)c3)c2N2CN(c3cccc(Oc4ccc5c6ccccc6n(-c6cc(C(C)(C)C)ccn6)c5c4)c3)c3ccccc32)cc(C(C)C)c1. The van der Waals surface area contributed by atoms with E-state index in [0.29, 0.717) is 35.6 Å². The van der Waals surface area contributed by atoms with Gasteiger partial charge in [-0.25, -0.2) is 13.8 Å². The molecule has 7 aromatic carbocycles. The number of benzene rings is 7. The number of ether oxygens (including phenoxy) is 1. The number of halogens is 2. The van der Waals surface area contributed by atoms with Gasteiger partial charge in [-0.15, -0.1) is 0 Å². The fraction of sp³-hybridized carbons (Fsp3) is 0.242. The van der Waals surface area contributed by atoms with Gasteiger partial charge in [0, 0.05) is 52.0 Å². The molecule has 0 saturated heterocycles. The first-order valence-corrected chi connectivity index (χ1v) is 24.1. The van der Waals surface area contributed by atoms with Gasteiger partial charge in [0.05, 0.1) is 28.1 Å². The number of para-hydroxylation sites is 3. The summed E-state index contributed by atoms with van der Waals surface area (Å²) in [5.41, 5.74) is 13.7. The summed E-state index contributed by atoms with van der Waals surface area (Å²) >= 11 is 0. The zero-order valence-electron chi connectivity index (χ0n) is 41.3. The Hall–Kier alpha value is -7.25. The van der Waals surface area contributed by atoms with Crippen LogP contribution in [0.1, 0.15) is 103 Å². The van der Waals surface area contributed by atoms with Crippen LogP contribution < -0.4 is 14.5 Å². The number of nitrogens with zero attached hydrogens (tertiary/aromatic N) is 4. The highest BCUT2D eigenvalue weighted by molar-refractivity contribution is 6.09. The number of hydrogen-bond donors (Lipinski definition) is 0. The van der Waals surface area contributed by atoms with Crippen molar-refractivity contribution in [2.45, 2.75) is 91.9 Å². The Kier molecular flexibility index (Phi) is 11.5. The molecule has 5 nitrogen and oxygen atoms in total. The Morgan fingerprint density at radius 1 is 0.522 bits per heavy atom. The van der Waals surface area contributed by atoms with Crippen molar-refractivity contribution in [3.8, 4) is 39.6 Å². The molecule has 0 amide bonds. The Balaban J connectivity index is 1.09. The summed E-state index contributed by atoms with van der Waals surface area (Å²) in [6.07, 6.45) is 1.90. The van der Waals surface area contributed by atoms with E-state index >= 15 is 8.78 Å². The molecule has 0 atom stereocenters. The van der Waals surface area contributed by atoms with Crippen molar-refractivity contribution in [3.05, 3.63) is 192 Å². The highest BCUT2D eigenvalue weighted by Crippen LogP contribution is 2.52. The van der Waals surface area contributed by atoms with Crippen molar-refractivity contribution in [2.24, 2.45) is 0 Å². The maximum absolute atomic E-state index is 15.4. The largest absolute Gasteiger partial charge is 0.457 e. The number of aromatic nitrogens is 2. The van der Waals surface area contributed by atoms with E-state index in [-0.39, 0.29) is 10.8 Å².